The van der Waals surface area contributed by atoms with E-state index in [2.05, 4.69) is 26.3 Å². The lowest BCUT2D eigenvalue weighted by molar-refractivity contribution is -0.384. The van der Waals surface area contributed by atoms with Gasteiger partial charge in [0, 0.05) is 18.7 Å². The normalized spacial score (nSPS) is 11.3. The highest BCUT2D eigenvalue weighted by molar-refractivity contribution is 9.10. The average molecular weight is 499 g/mol. The Hall–Kier alpha value is -3.41. The summed E-state index contributed by atoms with van der Waals surface area (Å²) in [5.41, 5.74) is -1.12. The van der Waals surface area contributed by atoms with Crippen molar-refractivity contribution in [1.82, 2.24) is 9.78 Å². The third-order valence-corrected chi connectivity index (χ3v) is 4.65. The first-order valence-corrected chi connectivity index (χ1v) is 9.55. The maximum Gasteiger partial charge on any atom is 0.416 e. The second-order valence-electron chi connectivity index (χ2n) is 6.21. The highest BCUT2D eigenvalue weighted by Crippen LogP contribution is 2.34. The van der Waals surface area contributed by atoms with Crippen LogP contribution in [0.3, 0.4) is 0 Å². The van der Waals surface area contributed by atoms with Crippen molar-refractivity contribution in [2.45, 2.75) is 19.6 Å². The molecule has 0 aliphatic rings. The van der Waals surface area contributed by atoms with Crippen LogP contribution in [0, 0.1) is 10.1 Å². The van der Waals surface area contributed by atoms with Crippen molar-refractivity contribution < 1.29 is 27.6 Å². The predicted octanol–water partition coefficient (Wildman–Crippen LogP) is 5.64. The number of ether oxygens (including phenoxy) is 1. The van der Waals surface area contributed by atoms with Crippen LogP contribution in [0.2, 0.25) is 0 Å². The number of carbonyl (C=O) groups excluding carboxylic acids is 1. The van der Waals surface area contributed by atoms with Gasteiger partial charge in [0.25, 0.3) is 11.6 Å². The molecule has 3 aromatic rings. The SMILES string of the molecule is CCn1ncc(Br)c1C(=O)Nc1cc(Oc2cccc(C(F)(F)F)c2)cc([N+](=O)[O-])c1. The van der Waals surface area contributed by atoms with Gasteiger partial charge in [-0.2, -0.15) is 18.3 Å². The third kappa shape index (κ3) is 5.20. The van der Waals surface area contributed by atoms with Crippen LogP contribution in [0.15, 0.2) is 53.1 Å². The van der Waals surface area contributed by atoms with E-state index in [-0.39, 0.29) is 22.9 Å². The molecule has 0 aliphatic heterocycles. The molecule has 3 rings (SSSR count). The Bertz CT molecular complexity index is 1150. The van der Waals surface area contributed by atoms with E-state index in [9.17, 15) is 28.1 Å². The van der Waals surface area contributed by atoms with Gasteiger partial charge in [-0.25, -0.2) is 0 Å². The minimum Gasteiger partial charge on any atom is -0.457 e. The van der Waals surface area contributed by atoms with Gasteiger partial charge in [0.2, 0.25) is 0 Å². The number of alkyl halides is 3. The quantitative estimate of drug-likeness (QED) is 0.350. The van der Waals surface area contributed by atoms with Gasteiger partial charge in [0.05, 0.1) is 32.9 Å². The maximum atomic E-state index is 12.9. The number of nitrogens with one attached hydrogen (secondary N) is 1. The molecule has 0 aliphatic carbocycles. The number of hydrogen-bond acceptors (Lipinski definition) is 5. The van der Waals surface area contributed by atoms with E-state index in [1.54, 1.807) is 6.92 Å². The van der Waals surface area contributed by atoms with E-state index in [1.165, 1.54) is 23.0 Å². The summed E-state index contributed by atoms with van der Waals surface area (Å²) >= 11 is 3.22. The van der Waals surface area contributed by atoms with Gasteiger partial charge in [-0.1, -0.05) is 6.07 Å². The van der Waals surface area contributed by atoms with Crippen LogP contribution in [0.4, 0.5) is 24.5 Å². The van der Waals surface area contributed by atoms with E-state index in [0.29, 0.717) is 11.0 Å². The fraction of sp³-hybridized carbons (Fsp3) is 0.158. The molecule has 0 radical (unpaired) electrons. The van der Waals surface area contributed by atoms with Crippen molar-refractivity contribution in [1.29, 1.82) is 0 Å². The fourth-order valence-electron chi connectivity index (χ4n) is 2.71. The van der Waals surface area contributed by atoms with Crippen LogP contribution in [0.5, 0.6) is 11.5 Å². The van der Waals surface area contributed by atoms with Crippen molar-refractivity contribution in [3.8, 4) is 11.5 Å². The molecule has 1 N–H and O–H groups in total. The highest BCUT2D eigenvalue weighted by atomic mass is 79.9. The molecule has 0 atom stereocenters. The first kappa shape index (κ1) is 22.3. The van der Waals surface area contributed by atoms with Crippen LogP contribution in [0.25, 0.3) is 0 Å². The van der Waals surface area contributed by atoms with Crippen LogP contribution in [-0.4, -0.2) is 20.6 Å². The van der Waals surface area contributed by atoms with Crippen LogP contribution in [0.1, 0.15) is 23.0 Å². The molecule has 0 fully saturated rings. The highest BCUT2D eigenvalue weighted by Gasteiger charge is 2.30. The average Bonchev–Trinajstić information content (AvgIpc) is 3.08. The van der Waals surface area contributed by atoms with Gasteiger partial charge < -0.3 is 10.1 Å². The van der Waals surface area contributed by atoms with Crippen molar-refractivity contribution in [2.24, 2.45) is 0 Å². The summed E-state index contributed by atoms with van der Waals surface area (Å²) in [5, 5.41) is 17.8. The summed E-state index contributed by atoms with van der Waals surface area (Å²) in [6.45, 7) is 2.19. The number of nitro groups is 1. The number of nitrogens with zero attached hydrogens (tertiary/aromatic N) is 3. The molecule has 1 heterocycles. The first-order valence-electron chi connectivity index (χ1n) is 8.75. The number of aryl methyl sites for hydroxylation is 1. The predicted molar refractivity (Wildman–Crippen MR) is 108 cm³/mol. The Morgan fingerprint density at radius 3 is 2.65 bits per heavy atom. The number of anilines is 1. The topological polar surface area (TPSA) is 99.3 Å². The Labute approximate surface area is 181 Å². The maximum absolute atomic E-state index is 12.9. The Balaban J connectivity index is 1.92. The summed E-state index contributed by atoms with van der Waals surface area (Å²) in [7, 11) is 0. The van der Waals surface area contributed by atoms with Gasteiger partial charge in [0.1, 0.15) is 17.2 Å². The molecule has 0 unspecified atom stereocenters. The van der Waals surface area contributed by atoms with Crippen molar-refractivity contribution >= 4 is 33.2 Å². The number of hydrogen-bond donors (Lipinski definition) is 1. The molecule has 0 saturated heterocycles. The molecule has 0 bridgehead atoms. The van der Waals surface area contributed by atoms with E-state index in [0.717, 1.165) is 30.3 Å². The molecule has 0 spiro atoms. The minimum atomic E-state index is -4.57. The van der Waals surface area contributed by atoms with E-state index >= 15 is 0 Å². The zero-order valence-electron chi connectivity index (χ0n) is 15.8. The molecule has 162 valence electrons. The van der Waals surface area contributed by atoms with Gasteiger partial charge in [-0.15, -0.1) is 0 Å². The van der Waals surface area contributed by atoms with Gasteiger partial charge in [0.15, 0.2) is 0 Å². The third-order valence-electron chi connectivity index (χ3n) is 4.07. The zero-order valence-corrected chi connectivity index (χ0v) is 17.4. The van der Waals surface area contributed by atoms with Gasteiger partial charge in [-0.3, -0.25) is 19.6 Å². The lowest BCUT2D eigenvalue weighted by Gasteiger charge is -2.12. The van der Waals surface area contributed by atoms with Gasteiger partial charge >= 0.3 is 6.18 Å². The second-order valence-corrected chi connectivity index (χ2v) is 7.07. The number of benzene rings is 2. The number of aromatic nitrogens is 2. The summed E-state index contributed by atoms with van der Waals surface area (Å²) < 4.78 is 46.0. The van der Waals surface area contributed by atoms with Crippen molar-refractivity contribution in [3.05, 3.63) is 74.5 Å². The molecule has 8 nitrogen and oxygen atoms in total. The second kappa shape index (κ2) is 8.76. The zero-order chi connectivity index (χ0) is 22.8. The largest absolute Gasteiger partial charge is 0.457 e. The Morgan fingerprint density at radius 2 is 2.00 bits per heavy atom. The first-order chi connectivity index (χ1) is 14.6. The van der Waals surface area contributed by atoms with Crippen LogP contribution >= 0.6 is 15.9 Å². The monoisotopic (exact) mass is 498 g/mol. The molecule has 0 saturated carbocycles. The number of carbonyl (C=O) groups is 1. The molecule has 1 amide bonds. The Morgan fingerprint density at radius 1 is 1.26 bits per heavy atom. The molecule has 31 heavy (non-hydrogen) atoms. The molecule has 12 heteroatoms. The number of amides is 1. The molecule has 1 aromatic heterocycles. The number of halogens is 4. The lowest BCUT2D eigenvalue weighted by Crippen LogP contribution is -2.18. The molecule has 2 aromatic carbocycles. The lowest BCUT2D eigenvalue weighted by atomic mass is 10.2. The minimum absolute atomic E-state index is 0.0249. The number of non-ortho nitro benzene ring substituents is 1. The summed E-state index contributed by atoms with van der Waals surface area (Å²) in [5.74, 6) is -0.872. The van der Waals surface area contributed by atoms with E-state index in [1.807, 2.05) is 0 Å². The summed E-state index contributed by atoms with van der Waals surface area (Å²) in [6.07, 6.45) is -3.13. The number of nitro benzene ring substituents is 1. The Kier molecular flexibility index (Phi) is 6.29. The van der Waals surface area contributed by atoms with E-state index in [4.69, 9.17) is 4.74 Å². The molecular formula is C19H14BrF3N4O4. The van der Waals surface area contributed by atoms with E-state index < -0.39 is 28.3 Å². The fourth-order valence-corrected chi connectivity index (χ4v) is 3.19. The number of rotatable bonds is 6. The summed E-state index contributed by atoms with van der Waals surface area (Å²) in [6, 6.07) is 7.50. The van der Waals surface area contributed by atoms with Gasteiger partial charge in [-0.05, 0) is 41.1 Å². The van der Waals surface area contributed by atoms with Crippen molar-refractivity contribution in [3.63, 3.8) is 0 Å². The molecular weight excluding hydrogens is 485 g/mol. The van der Waals surface area contributed by atoms with Crippen molar-refractivity contribution in [2.75, 3.05) is 5.32 Å². The van der Waals surface area contributed by atoms with Crippen LogP contribution in [-0.2, 0) is 12.7 Å². The van der Waals surface area contributed by atoms with Crippen LogP contribution < -0.4 is 10.1 Å². The smallest absolute Gasteiger partial charge is 0.416 e. The summed E-state index contributed by atoms with van der Waals surface area (Å²) in [4.78, 5) is 23.2. The standard InChI is InChI=1S/C19H14BrF3N4O4/c1-2-26-17(16(20)10-24-26)18(28)25-12-7-13(27(29)30)9-15(8-12)31-14-5-3-4-11(6-14)19(21,22)23/h3-10H,2H2,1H3,(H,25,28).